The molecular weight excluding hydrogens is 218 g/mol. The minimum Gasteiger partial charge on any atom is -0.368 e. The van der Waals surface area contributed by atoms with Gasteiger partial charge in [-0.25, -0.2) is 0 Å². The fourth-order valence-corrected chi connectivity index (χ4v) is 1.94. The van der Waals surface area contributed by atoms with Gasteiger partial charge in [-0.1, -0.05) is 18.5 Å². The van der Waals surface area contributed by atoms with E-state index in [0.29, 0.717) is 18.6 Å². The Hall–Kier alpha value is -0.940. The Morgan fingerprint density at radius 2 is 2.24 bits per heavy atom. The van der Waals surface area contributed by atoms with E-state index in [-0.39, 0.29) is 0 Å². The van der Waals surface area contributed by atoms with Crippen molar-refractivity contribution >= 4 is 0 Å². The zero-order valence-electron chi connectivity index (χ0n) is 10.4. The molecule has 2 rings (SSSR count). The number of hydrogen-bond donors (Lipinski definition) is 1. The zero-order valence-corrected chi connectivity index (χ0v) is 10.4. The number of nitrogens with one attached hydrogen (secondary N) is 1. The molecule has 1 saturated heterocycles. The number of hydrogen-bond acceptors (Lipinski definition) is 5. The predicted molar refractivity (Wildman–Crippen MR) is 63.6 cm³/mol. The van der Waals surface area contributed by atoms with Gasteiger partial charge >= 0.3 is 0 Å². The van der Waals surface area contributed by atoms with Gasteiger partial charge < -0.3 is 14.6 Å². The van der Waals surface area contributed by atoms with Crippen LogP contribution in [0.1, 0.15) is 44.3 Å². The van der Waals surface area contributed by atoms with Gasteiger partial charge in [0.05, 0.1) is 6.10 Å². The molecule has 0 radical (unpaired) electrons. The first kappa shape index (κ1) is 12.5. The third kappa shape index (κ3) is 4.09. The Labute approximate surface area is 102 Å². The molecule has 5 heteroatoms. The van der Waals surface area contributed by atoms with E-state index in [1.807, 2.05) is 0 Å². The normalized spacial score (nSPS) is 17.5. The number of ether oxygens (including phenoxy) is 1. The van der Waals surface area contributed by atoms with Crippen LogP contribution in [0.5, 0.6) is 0 Å². The molecule has 2 heterocycles. The highest BCUT2D eigenvalue weighted by Crippen LogP contribution is 2.10. The lowest BCUT2D eigenvalue weighted by molar-refractivity contribution is 0.00859. The molecule has 0 aliphatic carbocycles. The molecule has 1 aromatic rings. The molecular formula is C12H21N3O2. The van der Waals surface area contributed by atoms with Gasteiger partial charge in [0.2, 0.25) is 0 Å². The van der Waals surface area contributed by atoms with Crippen LogP contribution in [0.4, 0.5) is 0 Å². The number of aromatic nitrogens is 2. The third-order valence-corrected chi connectivity index (χ3v) is 2.99. The average molecular weight is 239 g/mol. The highest BCUT2D eigenvalue weighted by Gasteiger charge is 2.15. The van der Waals surface area contributed by atoms with Crippen LogP contribution in [0.15, 0.2) is 4.52 Å². The second kappa shape index (κ2) is 6.71. The molecule has 0 spiro atoms. The van der Waals surface area contributed by atoms with Gasteiger partial charge in [-0.15, -0.1) is 0 Å². The molecule has 0 bridgehead atoms. The first-order valence-corrected chi connectivity index (χ1v) is 6.52. The second-order valence-electron chi connectivity index (χ2n) is 4.47. The van der Waals surface area contributed by atoms with Crippen LogP contribution in [0, 0.1) is 0 Å². The Bertz CT molecular complexity index is 321. The van der Waals surface area contributed by atoms with Crippen molar-refractivity contribution in [3.8, 4) is 0 Å². The lowest BCUT2D eigenvalue weighted by Crippen LogP contribution is -2.32. The quantitative estimate of drug-likeness (QED) is 0.818. The fourth-order valence-electron chi connectivity index (χ4n) is 1.94. The van der Waals surface area contributed by atoms with E-state index >= 15 is 0 Å². The smallest absolute Gasteiger partial charge is 0.252 e. The highest BCUT2D eigenvalue weighted by atomic mass is 16.5. The van der Waals surface area contributed by atoms with Crippen molar-refractivity contribution in [2.24, 2.45) is 0 Å². The molecule has 0 saturated carbocycles. The lowest BCUT2D eigenvalue weighted by Gasteiger charge is -2.21. The van der Waals surface area contributed by atoms with E-state index in [9.17, 15) is 0 Å². The van der Waals surface area contributed by atoms with E-state index in [4.69, 9.17) is 9.26 Å². The number of rotatable bonds is 6. The zero-order chi connectivity index (χ0) is 11.9. The minimum atomic E-state index is 0.335. The molecule has 17 heavy (non-hydrogen) atoms. The van der Waals surface area contributed by atoms with Gasteiger partial charge in [-0.2, -0.15) is 4.98 Å². The Morgan fingerprint density at radius 3 is 3.00 bits per heavy atom. The maximum atomic E-state index is 5.75. The van der Waals surface area contributed by atoms with E-state index in [1.54, 1.807) is 0 Å². The molecule has 5 nitrogen and oxygen atoms in total. The summed E-state index contributed by atoms with van der Waals surface area (Å²) in [7, 11) is 0. The number of piperidine rings is 1. The largest absolute Gasteiger partial charge is 0.368 e. The van der Waals surface area contributed by atoms with Gasteiger partial charge in [0.25, 0.3) is 5.89 Å². The Morgan fingerprint density at radius 1 is 1.41 bits per heavy atom. The number of nitrogens with zero attached hydrogens (tertiary/aromatic N) is 2. The van der Waals surface area contributed by atoms with Gasteiger partial charge in [0, 0.05) is 6.42 Å². The SMILES string of the molecule is CCCCc1noc(COC2CCNCC2)n1. The summed E-state index contributed by atoms with van der Waals surface area (Å²) in [4.78, 5) is 4.31. The summed E-state index contributed by atoms with van der Waals surface area (Å²) in [5.41, 5.74) is 0. The molecule has 0 atom stereocenters. The van der Waals surface area contributed by atoms with Crippen molar-refractivity contribution in [2.75, 3.05) is 13.1 Å². The molecule has 1 aliphatic heterocycles. The molecule has 0 unspecified atom stereocenters. The summed E-state index contributed by atoms with van der Waals surface area (Å²) in [5.74, 6) is 1.41. The average Bonchev–Trinajstić information content (AvgIpc) is 2.83. The van der Waals surface area contributed by atoms with Gasteiger partial charge in [0.15, 0.2) is 5.82 Å². The van der Waals surface area contributed by atoms with Crippen molar-refractivity contribution in [1.29, 1.82) is 0 Å². The summed E-state index contributed by atoms with van der Waals surface area (Å²) in [6.45, 7) is 4.68. The van der Waals surface area contributed by atoms with Crippen molar-refractivity contribution in [3.63, 3.8) is 0 Å². The molecule has 96 valence electrons. The summed E-state index contributed by atoms with van der Waals surface area (Å²) < 4.78 is 10.9. The number of aryl methyl sites for hydroxylation is 1. The Kier molecular flexibility index (Phi) is 4.94. The van der Waals surface area contributed by atoms with Crippen LogP contribution in [-0.4, -0.2) is 29.3 Å². The Balaban J connectivity index is 1.72. The maximum Gasteiger partial charge on any atom is 0.252 e. The topological polar surface area (TPSA) is 60.2 Å². The molecule has 1 N–H and O–H groups in total. The predicted octanol–water partition coefficient (Wildman–Crippen LogP) is 1.68. The molecule has 0 amide bonds. The molecule has 1 aromatic heterocycles. The third-order valence-electron chi connectivity index (χ3n) is 2.99. The van der Waals surface area contributed by atoms with Gasteiger partial charge in [0.1, 0.15) is 6.61 Å². The first-order valence-electron chi connectivity index (χ1n) is 6.52. The van der Waals surface area contributed by atoms with Gasteiger partial charge in [-0.3, -0.25) is 0 Å². The van der Waals surface area contributed by atoms with Crippen molar-refractivity contribution in [2.45, 2.75) is 51.7 Å². The summed E-state index contributed by atoms with van der Waals surface area (Å²) in [5, 5.41) is 7.25. The van der Waals surface area contributed by atoms with Crippen molar-refractivity contribution in [1.82, 2.24) is 15.5 Å². The van der Waals surface area contributed by atoms with E-state index in [2.05, 4.69) is 22.4 Å². The highest BCUT2D eigenvalue weighted by molar-refractivity contribution is 4.85. The van der Waals surface area contributed by atoms with Crippen LogP contribution in [0.3, 0.4) is 0 Å². The van der Waals surface area contributed by atoms with E-state index in [0.717, 1.165) is 51.0 Å². The summed E-state index contributed by atoms with van der Waals surface area (Å²) in [6.07, 6.45) is 5.62. The number of unbranched alkanes of at least 4 members (excludes halogenated alkanes) is 1. The molecule has 1 aliphatic rings. The van der Waals surface area contributed by atoms with E-state index in [1.165, 1.54) is 0 Å². The molecule has 0 aromatic carbocycles. The molecule has 1 fully saturated rings. The van der Waals surface area contributed by atoms with Gasteiger partial charge in [-0.05, 0) is 32.4 Å². The standard InChI is InChI=1S/C12H21N3O2/c1-2-3-4-11-14-12(17-15-11)9-16-10-5-7-13-8-6-10/h10,13H,2-9H2,1H3. The second-order valence-corrected chi connectivity index (χ2v) is 4.47. The summed E-state index contributed by atoms with van der Waals surface area (Å²) in [6, 6.07) is 0. The minimum absolute atomic E-state index is 0.335. The first-order chi connectivity index (χ1) is 8.38. The van der Waals surface area contributed by atoms with Crippen LogP contribution < -0.4 is 5.32 Å². The van der Waals surface area contributed by atoms with Crippen LogP contribution in [-0.2, 0) is 17.8 Å². The van der Waals surface area contributed by atoms with E-state index < -0.39 is 0 Å². The lowest BCUT2D eigenvalue weighted by atomic mass is 10.1. The van der Waals surface area contributed by atoms with Crippen LogP contribution >= 0.6 is 0 Å². The fraction of sp³-hybridized carbons (Fsp3) is 0.833. The monoisotopic (exact) mass is 239 g/mol. The van der Waals surface area contributed by atoms with Crippen molar-refractivity contribution < 1.29 is 9.26 Å². The van der Waals surface area contributed by atoms with Crippen molar-refractivity contribution in [3.05, 3.63) is 11.7 Å². The van der Waals surface area contributed by atoms with Crippen LogP contribution in [0.2, 0.25) is 0 Å². The maximum absolute atomic E-state index is 5.75. The summed E-state index contributed by atoms with van der Waals surface area (Å²) >= 11 is 0. The van der Waals surface area contributed by atoms with Crippen LogP contribution in [0.25, 0.3) is 0 Å².